The smallest absolute Gasteiger partial charge is 0.124 e. The van der Waals surface area contributed by atoms with Gasteiger partial charge in [-0.15, -0.1) is 6.58 Å². The van der Waals surface area contributed by atoms with Crippen molar-refractivity contribution < 1.29 is 4.74 Å². The Balaban J connectivity index is 2.04. The van der Waals surface area contributed by atoms with Gasteiger partial charge in [-0.3, -0.25) is 0 Å². The van der Waals surface area contributed by atoms with Crippen LogP contribution in [0.2, 0.25) is 0 Å². The summed E-state index contributed by atoms with van der Waals surface area (Å²) < 4.78 is 6.09. The Hall–Kier alpha value is -1.80. The highest BCUT2D eigenvalue weighted by molar-refractivity contribution is 5.87. The van der Waals surface area contributed by atoms with Gasteiger partial charge in [0.1, 0.15) is 5.75 Å². The van der Waals surface area contributed by atoms with Crippen molar-refractivity contribution in [2.75, 3.05) is 13.2 Å². The first-order valence-corrected chi connectivity index (χ1v) is 8.82. The van der Waals surface area contributed by atoms with E-state index in [-0.39, 0.29) is 0 Å². The first kappa shape index (κ1) is 17.6. The molecule has 23 heavy (non-hydrogen) atoms. The van der Waals surface area contributed by atoms with E-state index in [1.54, 1.807) is 0 Å². The van der Waals surface area contributed by atoms with E-state index in [4.69, 9.17) is 4.74 Å². The van der Waals surface area contributed by atoms with Gasteiger partial charge in [-0.1, -0.05) is 69.0 Å². The molecule has 0 unspecified atom stereocenters. The number of benzene rings is 2. The maximum absolute atomic E-state index is 6.09. The lowest BCUT2D eigenvalue weighted by Crippen LogP contribution is -2.14. The van der Waals surface area contributed by atoms with Gasteiger partial charge in [0.2, 0.25) is 0 Å². The number of ether oxygens (including phenoxy) is 1. The van der Waals surface area contributed by atoms with E-state index in [9.17, 15) is 0 Å². The summed E-state index contributed by atoms with van der Waals surface area (Å²) in [6, 6.07) is 12.8. The first-order chi connectivity index (χ1) is 11.4. The van der Waals surface area contributed by atoms with Crippen molar-refractivity contribution in [1.29, 1.82) is 0 Å². The second-order valence-electron chi connectivity index (χ2n) is 5.95. The summed E-state index contributed by atoms with van der Waals surface area (Å²) in [5, 5.41) is 5.94. The molecule has 2 aromatic rings. The number of unbranched alkanes of at least 4 members (excludes halogenated alkanes) is 4. The molecule has 0 fully saturated rings. The lowest BCUT2D eigenvalue weighted by molar-refractivity contribution is 0.301. The molecule has 0 radical (unpaired) electrons. The molecule has 1 N–H and O–H groups in total. The Morgan fingerprint density at radius 1 is 1.04 bits per heavy atom. The molecule has 2 aromatic carbocycles. The molecular weight excluding hydrogens is 282 g/mol. The molecule has 2 rings (SSSR count). The Kier molecular flexibility index (Phi) is 7.68. The van der Waals surface area contributed by atoms with Crippen LogP contribution in [0.1, 0.15) is 44.6 Å². The van der Waals surface area contributed by atoms with Gasteiger partial charge < -0.3 is 10.1 Å². The molecule has 0 saturated heterocycles. The Labute approximate surface area is 140 Å². The van der Waals surface area contributed by atoms with Crippen molar-refractivity contribution in [2.45, 2.75) is 45.6 Å². The summed E-state index contributed by atoms with van der Waals surface area (Å²) in [6.07, 6.45) is 8.19. The molecule has 2 heteroatoms. The lowest BCUT2D eigenvalue weighted by atomic mass is 10.0. The van der Waals surface area contributed by atoms with E-state index in [1.165, 1.54) is 42.0 Å². The van der Waals surface area contributed by atoms with E-state index >= 15 is 0 Å². The number of fused-ring (bicyclic) bond motifs is 1. The van der Waals surface area contributed by atoms with Crippen molar-refractivity contribution in [3.63, 3.8) is 0 Å². The van der Waals surface area contributed by atoms with Crippen LogP contribution in [0, 0.1) is 0 Å². The fraction of sp³-hybridized carbons (Fsp3) is 0.429. The van der Waals surface area contributed by atoms with Gasteiger partial charge in [-0.2, -0.15) is 0 Å². The molecule has 124 valence electrons. The number of hydrogen-bond acceptors (Lipinski definition) is 2. The summed E-state index contributed by atoms with van der Waals surface area (Å²) in [7, 11) is 0. The first-order valence-electron chi connectivity index (χ1n) is 8.82. The van der Waals surface area contributed by atoms with Crippen LogP contribution in [0.3, 0.4) is 0 Å². The van der Waals surface area contributed by atoms with Crippen LogP contribution in [-0.4, -0.2) is 13.2 Å². The van der Waals surface area contributed by atoms with Gasteiger partial charge in [0.25, 0.3) is 0 Å². The zero-order chi connectivity index (χ0) is 16.3. The molecule has 0 amide bonds. The molecular formula is C21H29NO. The van der Waals surface area contributed by atoms with E-state index in [0.29, 0.717) is 0 Å². The van der Waals surface area contributed by atoms with Gasteiger partial charge >= 0.3 is 0 Å². The van der Waals surface area contributed by atoms with Crippen LogP contribution in [0.5, 0.6) is 5.75 Å². The number of rotatable bonds is 11. The quantitative estimate of drug-likeness (QED) is 0.439. The summed E-state index contributed by atoms with van der Waals surface area (Å²) in [5.41, 5.74) is 1.25. The predicted octanol–water partition coefficient (Wildman–Crippen LogP) is 5.46. The van der Waals surface area contributed by atoms with Crippen LogP contribution < -0.4 is 10.1 Å². The zero-order valence-electron chi connectivity index (χ0n) is 14.3. The fourth-order valence-electron chi connectivity index (χ4n) is 2.82. The molecule has 0 aliphatic heterocycles. The van der Waals surface area contributed by atoms with Crippen molar-refractivity contribution in [2.24, 2.45) is 0 Å². The summed E-state index contributed by atoms with van der Waals surface area (Å²) in [4.78, 5) is 0. The number of hydrogen-bond donors (Lipinski definition) is 1. The van der Waals surface area contributed by atoms with Gasteiger partial charge in [0.15, 0.2) is 0 Å². The van der Waals surface area contributed by atoms with Gasteiger partial charge in [0, 0.05) is 18.7 Å². The second kappa shape index (κ2) is 10.1. The SMILES string of the molecule is C=CCNCc1c(OCCCCCCC)ccc2ccccc12. The average Bonchev–Trinajstić information content (AvgIpc) is 2.59. The van der Waals surface area contributed by atoms with E-state index < -0.39 is 0 Å². The van der Waals surface area contributed by atoms with Gasteiger partial charge in [-0.05, 0) is 23.3 Å². The zero-order valence-corrected chi connectivity index (χ0v) is 14.3. The third kappa shape index (κ3) is 5.40. The molecule has 2 nitrogen and oxygen atoms in total. The normalized spacial score (nSPS) is 10.8. The van der Waals surface area contributed by atoms with Gasteiger partial charge in [-0.25, -0.2) is 0 Å². The predicted molar refractivity (Wildman–Crippen MR) is 100 cm³/mol. The van der Waals surface area contributed by atoms with Crippen LogP contribution >= 0.6 is 0 Å². The standard InChI is InChI=1S/C21H29NO/c1-3-5-6-7-10-16-23-21-14-13-18-11-8-9-12-19(18)20(21)17-22-15-4-2/h4,8-9,11-14,22H,2-3,5-7,10,15-17H2,1H3. The highest BCUT2D eigenvalue weighted by Crippen LogP contribution is 2.28. The largest absolute Gasteiger partial charge is 0.493 e. The topological polar surface area (TPSA) is 21.3 Å². The summed E-state index contributed by atoms with van der Waals surface area (Å²) >= 11 is 0. The summed E-state index contributed by atoms with van der Waals surface area (Å²) in [6.45, 7) is 8.42. The number of nitrogens with one attached hydrogen (secondary N) is 1. The highest BCUT2D eigenvalue weighted by atomic mass is 16.5. The van der Waals surface area contributed by atoms with Crippen LogP contribution in [0.4, 0.5) is 0 Å². The molecule has 0 heterocycles. The fourth-order valence-corrected chi connectivity index (χ4v) is 2.82. The average molecular weight is 311 g/mol. The minimum Gasteiger partial charge on any atom is -0.493 e. The van der Waals surface area contributed by atoms with Crippen molar-refractivity contribution in [3.05, 3.63) is 54.6 Å². The Bertz CT molecular complexity index is 606. The monoisotopic (exact) mass is 311 g/mol. The van der Waals surface area contributed by atoms with Crippen molar-refractivity contribution in [3.8, 4) is 5.75 Å². The molecule has 0 aliphatic rings. The molecule has 0 bridgehead atoms. The van der Waals surface area contributed by atoms with Crippen LogP contribution in [-0.2, 0) is 6.54 Å². The van der Waals surface area contributed by atoms with Crippen LogP contribution in [0.15, 0.2) is 49.1 Å². The Morgan fingerprint density at radius 3 is 2.70 bits per heavy atom. The molecule has 0 aromatic heterocycles. The molecule has 0 aliphatic carbocycles. The van der Waals surface area contributed by atoms with Crippen LogP contribution in [0.25, 0.3) is 10.8 Å². The van der Waals surface area contributed by atoms with Gasteiger partial charge in [0.05, 0.1) is 6.61 Å². The second-order valence-corrected chi connectivity index (χ2v) is 5.95. The minimum atomic E-state index is 0.802. The van der Waals surface area contributed by atoms with Crippen molar-refractivity contribution >= 4 is 10.8 Å². The lowest BCUT2D eigenvalue weighted by Gasteiger charge is -2.15. The molecule has 0 saturated carbocycles. The third-order valence-electron chi connectivity index (χ3n) is 4.09. The van der Waals surface area contributed by atoms with E-state index in [1.807, 2.05) is 6.08 Å². The Morgan fingerprint density at radius 2 is 1.87 bits per heavy atom. The van der Waals surface area contributed by atoms with E-state index in [2.05, 4.69) is 55.2 Å². The molecule has 0 spiro atoms. The summed E-state index contributed by atoms with van der Waals surface area (Å²) in [5.74, 6) is 1.01. The maximum Gasteiger partial charge on any atom is 0.124 e. The third-order valence-corrected chi connectivity index (χ3v) is 4.09. The van der Waals surface area contributed by atoms with Crippen molar-refractivity contribution in [1.82, 2.24) is 5.32 Å². The molecule has 0 atom stereocenters. The van der Waals surface area contributed by atoms with E-state index in [0.717, 1.165) is 31.9 Å². The maximum atomic E-state index is 6.09. The minimum absolute atomic E-state index is 0.802. The highest BCUT2D eigenvalue weighted by Gasteiger charge is 2.08.